The second-order valence-corrected chi connectivity index (χ2v) is 11.7. The first kappa shape index (κ1) is 27.1. The molecule has 214 valence electrons. The highest BCUT2D eigenvalue weighted by atomic mass is 16.6. The van der Waals surface area contributed by atoms with Gasteiger partial charge in [-0.15, -0.1) is 0 Å². The number of rotatable bonds is 9. The van der Waals surface area contributed by atoms with Gasteiger partial charge >= 0.3 is 6.09 Å². The Balaban J connectivity index is 0.954. The molecule has 8 heteroatoms. The quantitative estimate of drug-likeness (QED) is 0.314. The van der Waals surface area contributed by atoms with E-state index in [-0.39, 0.29) is 24.6 Å². The number of carbonyl (C=O) groups is 2. The predicted octanol–water partition coefficient (Wildman–Crippen LogP) is 5.22. The van der Waals surface area contributed by atoms with E-state index in [1.807, 2.05) is 43.3 Å². The van der Waals surface area contributed by atoms with E-state index in [9.17, 15) is 9.59 Å². The third-order valence-electron chi connectivity index (χ3n) is 8.49. The van der Waals surface area contributed by atoms with Crippen LogP contribution in [0.1, 0.15) is 53.6 Å². The Kier molecular flexibility index (Phi) is 7.83. The molecule has 0 radical (unpaired) electrons. The Morgan fingerprint density at radius 3 is 2.44 bits per heavy atom. The summed E-state index contributed by atoms with van der Waals surface area (Å²) in [6.45, 7) is 5.43. The van der Waals surface area contributed by atoms with Crippen LogP contribution in [0.5, 0.6) is 0 Å². The predicted molar refractivity (Wildman–Crippen MR) is 162 cm³/mol. The minimum Gasteiger partial charge on any atom is -0.445 e. The summed E-state index contributed by atoms with van der Waals surface area (Å²) in [4.78, 5) is 29.6. The molecule has 2 aliphatic carbocycles. The number of amides is 2. The fraction of sp³-hybridized carbons (Fsp3) is 0.394. The molecule has 6 rings (SSSR count). The fourth-order valence-corrected chi connectivity index (χ4v) is 5.61. The molecule has 3 aromatic carbocycles. The summed E-state index contributed by atoms with van der Waals surface area (Å²) in [5.41, 5.74) is 11.0. The van der Waals surface area contributed by atoms with Crippen molar-refractivity contribution in [3.05, 3.63) is 89.5 Å². The fourth-order valence-electron chi connectivity index (χ4n) is 5.61. The second-order valence-electron chi connectivity index (χ2n) is 11.7. The summed E-state index contributed by atoms with van der Waals surface area (Å²) < 4.78 is 5.69. The zero-order valence-electron chi connectivity index (χ0n) is 23.6. The molecule has 2 amide bonds. The monoisotopic (exact) mass is 553 g/mol. The summed E-state index contributed by atoms with van der Waals surface area (Å²) in [5, 5.41) is 6.55. The first-order valence-corrected chi connectivity index (χ1v) is 14.7. The first-order valence-electron chi connectivity index (χ1n) is 14.7. The molecule has 1 saturated heterocycles. The first-order chi connectivity index (χ1) is 19.9. The van der Waals surface area contributed by atoms with E-state index in [4.69, 9.17) is 10.5 Å². The van der Waals surface area contributed by atoms with E-state index in [0.717, 1.165) is 17.2 Å². The molecule has 3 fully saturated rings. The standard InChI is InChI=1S/C33H39N5O3/c1-22-20-37(27-14-12-26(13-15-27)32(39)36-30-5-3-2-4-29(30)34)16-17-38(22)33(40)41-21-24-8-10-25(11-9-24)28-18-31(28)35-19-23-6-7-23/h2-5,8-15,22-23,28,31,35H,6-7,16-21,34H2,1H3,(H,36,39)/t22-,28?,31?/m1/s1. The molecule has 0 spiro atoms. The molecule has 0 bridgehead atoms. The number of anilines is 3. The van der Waals surface area contributed by atoms with Gasteiger partial charge in [0.1, 0.15) is 6.61 Å². The highest BCUT2D eigenvalue weighted by Crippen LogP contribution is 2.41. The Hall–Kier alpha value is -4.04. The van der Waals surface area contributed by atoms with Crippen LogP contribution in [0.2, 0.25) is 0 Å². The van der Waals surface area contributed by atoms with Gasteiger partial charge in [-0.25, -0.2) is 4.79 Å². The Bertz CT molecular complexity index is 1370. The molecule has 8 nitrogen and oxygen atoms in total. The number of nitrogen functional groups attached to an aromatic ring is 1. The lowest BCUT2D eigenvalue weighted by Crippen LogP contribution is -2.54. The summed E-state index contributed by atoms with van der Waals surface area (Å²) in [5.74, 6) is 1.32. The summed E-state index contributed by atoms with van der Waals surface area (Å²) in [6.07, 6.45) is 3.70. The number of para-hydroxylation sites is 2. The van der Waals surface area contributed by atoms with Crippen LogP contribution in [0.4, 0.5) is 21.9 Å². The van der Waals surface area contributed by atoms with E-state index >= 15 is 0 Å². The minimum atomic E-state index is -0.278. The highest BCUT2D eigenvalue weighted by molar-refractivity contribution is 6.05. The van der Waals surface area contributed by atoms with Gasteiger partial charge in [-0.1, -0.05) is 36.4 Å². The van der Waals surface area contributed by atoms with Gasteiger partial charge in [-0.05, 0) is 86.2 Å². The van der Waals surface area contributed by atoms with Crippen LogP contribution >= 0.6 is 0 Å². The van der Waals surface area contributed by atoms with Gasteiger partial charge in [0.25, 0.3) is 5.91 Å². The van der Waals surface area contributed by atoms with Crippen LogP contribution in [0.25, 0.3) is 0 Å². The third-order valence-corrected chi connectivity index (χ3v) is 8.49. The van der Waals surface area contributed by atoms with Crippen molar-refractivity contribution in [2.45, 2.75) is 50.8 Å². The van der Waals surface area contributed by atoms with Crippen LogP contribution in [0.15, 0.2) is 72.8 Å². The van der Waals surface area contributed by atoms with Crippen LogP contribution in [0.3, 0.4) is 0 Å². The number of nitrogens with two attached hydrogens (primary N) is 1. The van der Waals surface area contributed by atoms with Crippen LogP contribution < -0.4 is 21.3 Å². The topological polar surface area (TPSA) is 99.9 Å². The van der Waals surface area contributed by atoms with Crippen LogP contribution in [0, 0.1) is 5.92 Å². The van der Waals surface area contributed by atoms with Crippen LogP contribution in [-0.4, -0.2) is 55.2 Å². The molecule has 2 saturated carbocycles. The maximum atomic E-state index is 12.9. The number of piperazine rings is 1. The van der Waals surface area contributed by atoms with Gasteiger partial charge < -0.3 is 30.9 Å². The summed E-state index contributed by atoms with van der Waals surface area (Å²) >= 11 is 0. The molecule has 4 N–H and O–H groups in total. The van der Waals surface area contributed by atoms with Gasteiger partial charge in [-0.3, -0.25) is 4.79 Å². The van der Waals surface area contributed by atoms with Crippen molar-refractivity contribution in [1.29, 1.82) is 0 Å². The largest absolute Gasteiger partial charge is 0.445 e. The molecule has 1 heterocycles. The van der Waals surface area contributed by atoms with Crippen molar-refractivity contribution < 1.29 is 14.3 Å². The van der Waals surface area contributed by atoms with E-state index in [0.29, 0.717) is 48.5 Å². The van der Waals surface area contributed by atoms with Gasteiger partial charge in [0.15, 0.2) is 0 Å². The number of hydrogen-bond acceptors (Lipinski definition) is 6. The van der Waals surface area contributed by atoms with Crippen molar-refractivity contribution in [1.82, 2.24) is 10.2 Å². The summed E-state index contributed by atoms with van der Waals surface area (Å²) in [7, 11) is 0. The van der Waals surface area contributed by atoms with Crippen molar-refractivity contribution in [2.24, 2.45) is 5.92 Å². The molecule has 3 atom stereocenters. The van der Waals surface area contributed by atoms with Gasteiger partial charge in [0.2, 0.25) is 0 Å². The lowest BCUT2D eigenvalue weighted by Gasteiger charge is -2.40. The molecule has 3 aliphatic rings. The summed E-state index contributed by atoms with van der Waals surface area (Å²) in [6, 6.07) is 23.9. The van der Waals surface area contributed by atoms with Crippen molar-refractivity contribution in [3.63, 3.8) is 0 Å². The molecule has 2 unspecified atom stereocenters. The minimum absolute atomic E-state index is 0.00223. The molecular formula is C33H39N5O3. The zero-order chi connectivity index (χ0) is 28.3. The van der Waals surface area contributed by atoms with Gasteiger partial charge in [0.05, 0.1) is 11.4 Å². The number of carbonyl (C=O) groups excluding carboxylic acids is 2. The average Bonchev–Trinajstić information content (AvgIpc) is 3.92. The van der Waals surface area contributed by atoms with E-state index in [1.165, 1.54) is 31.4 Å². The number of ether oxygens (including phenoxy) is 1. The number of benzene rings is 3. The number of hydrogen-bond donors (Lipinski definition) is 3. The van der Waals surface area contributed by atoms with Crippen molar-refractivity contribution >= 4 is 29.1 Å². The van der Waals surface area contributed by atoms with Gasteiger partial charge in [0, 0.05) is 48.9 Å². The average molecular weight is 554 g/mol. The maximum Gasteiger partial charge on any atom is 0.410 e. The Morgan fingerprint density at radius 1 is 0.976 bits per heavy atom. The van der Waals surface area contributed by atoms with Gasteiger partial charge in [-0.2, -0.15) is 0 Å². The van der Waals surface area contributed by atoms with E-state index in [1.54, 1.807) is 17.0 Å². The smallest absolute Gasteiger partial charge is 0.410 e. The lowest BCUT2D eigenvalue weighted by atomic mass is 10.1. The maximum absolute atomic E-state index is 12.9. The van der Waals surface area contributed by atoms with E-state index in [2.05, 4.69) is 39.8 Å². The van der Waals surface area contributed by atoms with Crippen molar-refractivity contribution in [3.8, 4) is 0 Å². The zero-order valence-corrected chi connectivity index (χ0v) is 23.6. The molecule has 41 heavy (non-hydrogen) atoms. The molecular weight excluding hydrogens is 514 g/mol. The lowest BCUT2D eigenvalue weighted by molar-refractivity contribution is 0.0794. The number of nitrogens with zero attached hydrogens (tertiary/aromatic N) is 2. The Labute approximate surface area is 241 Å². The van der Waals surface area contributed by atoms with E-state index < -0.39 is 0 Å². The molecule has 0 aromatic heterocycles. The molecule has 3 aromatic rings. The third kappa shape index (κ3) is 6.65. The van der Waals surface area contributed by atoms with Crippen molar-refractivity contribution in [2.75, 3.05) is 42.1 Å². The normalized spacial score (nSPS) is 21.8. The second kappa shape index (κ2) is 11.8. The highest BCUT2D eigenvalue weighted by Gasteiger charge is 2.39. The number of nitrogens with one attached hydrogen (secondary N) is 2. The molecule has 1 aliphatic heterocycles. The van der Waals surface area contributed by atoms with Crippen LogP contribution in [-0.2, 0) is 11.3 Å². The SMILES string of the molecule is C[C@@H]1CN(c2ccc(C(=O)Nc3ccccc3N)cc2)CCN1C(=O)OCc1ccc(C2CC2NCC2CC2)cc1. The Morgan fingerprint density at radius 2 is 1.73 bits per heavy atom.